The molecule has 7 heteroatoms. The molecule has 0 aliphatic heterocycles. The number of hydrogen-bond donors (Lipinski definition) is 1. The van der Waals surface area contributed by atoms with Gasteiger partial charge in [0.15, 0.2) is 0 Å². The Hall–Kier alpha value is -2.67. The van der Waals surface area contributed by atoms with Crippen LogP contribution in [0.15, 0.2) is 54.7 Å². The maximum atomic E-state index is 11.3. The molecule has 0 saturated heterocycles. The van der Waals surface area contributed by atoms with Crippen LogP contribution in [0.5, 0.6) is 5.75 Å². The number of sulfonamides is 1. The molecule has 1 amide bonds. The van der Waals surface area contributed by atoms with Gasteiger partial charge in [0, 0.05) is 12.3 Å². The van der Waals surface area contributed by atoms with E-state index in [0.29, 0.717) is 12.4 Å². The summed E-state index contributed by atoms with van der Waals surface area (Å²) in [5.74, 6) is -0.0173. The Labute approximate surface area is 134 Å². The molecule has 0 fully saturated rings. The quantitative estimate of drug-likeness (QED) is 0.815. The minimum Gasteiger partial charge on any atom is -0.487 e. The van der Waals surface area contributed by atoms with Crippen LogP contribution in [0.1, 0.15) is 11.3 Å². The summed E-state index contributed by atoms with van der Waals surface area (Å²) < 4.78 is 29.2. The molecule has 0 bridgehead atoms. The molecule has 120 valence electrons. The van der Waals surface area contributed by atoms with Crippen LogP contribution in [0.4, 0.5) is 0 Å². The summed E-state index contributed by atoms with van der Waals surface area (Å²) in [7, 11) is -3.54. The highest BCUT2D eigenvalue weighted by molar-refractivity contribution is 7.89. The first-order chi connectivity index (χ1) is 10.9. The van der Waals surface area contributed by atoms with E-state index in [1.54, 1.807) is 30.5 Å². The zero-order valence-corrected chi connectivity index (χ0v) is 13.3. The lowest BCUT2D eigenvalue weighted by atomic mass is 10.2. The van der Waals surface area contributed by atoms with Crippen molar-refractivity contribution in [2.24, 2.45) is 0 Å². The number of carbonyl (C=O) groups excluding carboxylic acids is 1. The fraction of sp³-hybridized carbons (Fsp3) is 0.125. The van der Waals surface area contributed by atoms with Gasteiger partial charge in [-0.05, 0) is 35.9 Å². The van der Waals surface area contributed by atoms with Crippen LogP contribution in [-0.2, 0) is 21.4 Å². The summed E-state index contributed by atoms with van der Waals surface area (Å²) in [6.45, 7) is 0.368. The van der Waals surface area contributed by atoms with Crippen LogP contribution in [0.2, 0.25) is 0 Å². The van der Waals surface area contributed by atoms with Gasteiger partial charge in [-0.3, -0.25) is 9.78 Å². The van der Waals surface area contributed by atoms with E-state index in [-0.39, 0.29) is 0 Å². The molecule has 2 aromatic rings. The highest BCUT2D eigenvalue weighted by Gasteiger charge is 2.04. The summed E-state index contributed by atoms with van der Waals surface area (Å²) >= 11 is 0. The number of aromatic nitrogens is 1. The second-order valence-corrected chi connectivity index (χ2v) is 6.50. The minimum absolute atomic E-state index is 0.368. The number of carbonyl (C=O) groups is 1. The summed E-state index contributed by atoms with van der Waals surface area (Å²) in [4.78, 5) is 15.5. The molecule has 0 radical (unpaired) electrons. The van der Waals surface area contributed by atoms with Crippen LogP contribution in [-0.4, -0.2) is 25.6 Å². The van der Waals surface area contributed by atoms with Crippen molar-refractivity contribution in [3.05, 3.63) is 66.0 Å². The van der Waals surface area contributed by atoms with Crippen molar-refractivity contribution in [2.45, 2.75) is 6.61 Å². The predicted octanol–water partition coefficient (Wildman–Crippen LogP) is 1.75. The van der Waals surface area contributed by atoms with Crippen molar-refractivity contribution >= 4 is 22.0 Å². The second-order valence-electron chi connectivity index (χ2n) is 4.75. The number of benzene rings is 1. The van der Waals surface area contributed by atoms with Crippen molar-refractivity contribution in [2.75, 3.05) is 6.26 Å². The molecule has 1 aromatic carbocycles. The smallest absolute Gasteiger partial charge is 0.257 e. The number of amides is 1. The first-order valence-corrected chi connectivity index (χ1v) is 8.64. The zero-order valence-electron chi connectivity index (χ0n) is 12.5. The van der Waals surface area contributed by atoms with Crippen LogP contribution in [0.25, 0.3) is 6.08 Å². The van der Waals surface area contributed by atoms with Crippen molar-refractivity contribution < 1.29 is 17.9 Å². The molecule has 23 heavy (non-hydrogen) atoms. The van der Waals surface area contributed by atoms with E-state index in [1.165, 1.54) is 6.08 Å². The maximum absolute atomic E-state index is 11.3. The predicted molar refractivity (Wildman–Crippen MR) is 87.0 cm³/mol. The highest BCUT2D eigenvalue weighted by Crippen LogP contribution is 2.14. The Morgan fingerprint density at radius 1 is 1.22 bits per heavy atom. The summed E-state index contributed by atoms with van der Waals surface area (Å²) in [5.41, 5.74) is 1.58. The van der Waals surface area contributed by atoms with Crippen LogP contribution >= 0.6 is 0 Å². The van der Waals surface area contributed by atoms with Gasteiger partial charge in [0.05, 0.1) is 11.9 Å². The van der Waals surface area contributed by atoms with E-state index >= 15 is 0 Å². The fourth-order valence-corrected chi connectivity index (χ4v) is 2.14. The van der Waals surface area contributed by atoms with Gasteiger partial charge < -0.3 is 4.74 Å². The SMILES string of the molecule is CS(=O)(=O)NC(=O)/C=C\c1ccc(OCc2ccccn2)cc1. The Bertz CT molecular complexity index is 785. The van der Waals surface area contributed by atoms with Gasteiger partial charge >= 0.3 is 0 Å². The van der Waals surface area contributed by atoms with Crippen LogP contribution in [0.3, 0.4) is 0 Å². The van der Waals surface area contributed by atoms with E-state index < -0.39 is 15.9 Å². The summed E-state index contributed by atoms with van der Waals surface area (Å²) in [6, 6.07) is 12.6. The Morgan fingerprint density at radius 2 is 1.96 bits per heavy atom. The number of hydrogen-bond acceptors (Lipinski definition) is 5. The first kappa shape index (κ1) is 16.7. The third-order valence-electron chi connectivity index (χ3n) is 2.71. The largest absolute Gasteiger partial charge is 0.487 e. The van der Waals surface area contributed by atoms with Gasteiger partial charge in [-0.1, -0.05) is 18.2 Å². The number of pyridine rings is 1. The number of rotatable bonds is 6. The molecule has 1 N–H and O–H groups in total. The Kier molecular flexibility index (Phi) is 5.48. The van der Waals surface area contributed by atoms with Crippen LogP contribution in [0, 0.1) is 0 Å². The van der Waals surface area contributed by atoms with Crippen molar-refractivity contribution in [3.8, 4) is 5.75 Å². The number of nitrogens with zero attached hydrogens (tertiary/aromatic N) is 1. The number of nitrogens with one attached hydrogen (secondary N) is 1. The van der Waals surface area contributed by atoms with E-state index in [1.807, 2.05) is 22.9 Å². The lowest BCUT2D eigenvalue weighted by Crippen LogP contribution is -2.27. The third kappa shape index (κ3) is 6.31. The van der Waals surface area contributed by atoms with Gasteiger partial charge in [-0.2, -0.15) is 0 Å². The Morgan fingerprint density at radius 3 is 2.57 bits per heavy atom. The molecule has 0 saturated carbocycles. The third-order valence-corrected chi connectivity index (χ3v) is 3.28. The van der Waals surface area contributed by atoms with Gasteiger partial charge in [0.2, 0.25) is 10.0 Å². The normalized spacial score (nSPS) is 11.3. The first-order valence-electron chi connectivity index (χ1n) is 6.75. The average Bonchev–Trinajstić information content (AvgIpc) is 2.51. The van der Waals surface area contributed by atoms with Crippen LogP contribution < -0.4 is 9.46 Å². The number of ether oxygens (including phenoxy) is 1. The van der Waals surface area contributed by atoms with Gasteiger partial charge in [-0.15, -0.1) is 0 Å². The molecule has 0 spiro atoms. The van der Waals surface area contributed by atoms with Gasteiger partial charge in [0.25, 0.3) is 5.91 Å². The molecule has 2 rings (SSSR count). The fourth-order valence-electron chi connectivity index (χ4n) is 1.70. The molecule has 1 heterocycles. The molecule has 1 aromatic heterocycles. The Balaban J connectivity index is 1.90. The standard InChI is InChI=1S/C16H16N2O4S/c1-23(20,21)18-16(19)10-7-13-5-8-15(9-6-13)22-12-14-4-2-3-11-17-14/h2-11H,12H2,1H3,(H,18,19)/b10-7-. The van der Waals surface area contributed by atoms with Gasteiger partial charge in [-0.25, -0.2) is 13.1 Å². The molecule has 6 nitrogen and oxygen atoms in total. The highest BCUT2D eigenvalue weighted by atomic mass is 32.2. The second kappa shape index (κ2) is 7.55. The van der Waals surface area contributed by atoms with E-state index in [0.717, 1.165) is 23.6 Å². The summed E-state index contributed by atoms with van der Waals surface area (Å²) in [6.07, 6.45) is 5.30. The van der Waals surface area contributed by atoms with Crippen molar-refractivity contribution in [1.29, 1.82) is 0 Å². The monoisotopic (exact) mass is 332 g/mol. The topological polar surface area (TPSA) is 85.4 Å². The molecule has 0 aliphatic carbocycles. The summed E-state index contributed by atoms with van der Waals surface area (Å²) in [5, 5.41) is 0. The molecule has 0 aliphatic rings. The van der Waals surface area contributed by atoms with E-state index in [2.05, 4.69) is 4.98 Å². The minimum atomic E-state index is -3.54. The molecule has 0 unspecified atom stereocenters. The molecular formula is C16H16N2O4S. The lowest BCUT2D eigenvalue weighted by Gasteiger charge is -2.05. The van der Waals surface area contributed by atoms with Crippen molar-refractivity contribution in [1.82, 2.24) is 9.71 Å². The molecular weight excluding hydrogens is 316 g/mol. The van der Waals surface area contributed by atoms with E-state index in [4.69, 9.17) is 4.74 Å². The zero-order chi connectivity index (χ0) is 16.7. The molecule has 0 atom stereocenters. The average molecular weight is 332 g/mol. The lowest BCUT2D eigenvalue weighted by molar-refractivity contribution is -0.114. The van der Waals surface area contributed by atoms with E-state index in [9.17, 15) is 13.2 Å². The maximum Gasteiger partial charge on any atom is 0.257 e. The van der Waals surface area contributed by atoms with Gasteiger partial charge in [0.1, 0.15) is 12.4 Å². The van der Waals surface area contributed by atoms with Crippen molar-refractivity contribution in [3.63, 3.8) is 0 Å².